The van der Waals surface area contributed by atoms with Crippen molar-refractivity contribution in [3.8, 4) is 17.2 Å². The van der Waals surface area contributed by atoms with Gasteiger partial charge in [0.15, 0.2) is 17.8 Å². The predicted octanol–water partition coefficient (Wildman–Crippen LogP) is 3.14. The van der Waals surface area contributed by atoms with E-state index >= 15 is 0 Å². The average molecular weight is 312 g/mol. The second-order valence-corrected chi connectivity index (χ2v) is 4.52. The van der Waals surface area contributed by atoms with E-state index in [1.807, 2.05) is 0 Å². The van der Waals surface area contributed by atoms with E-state index in [2.05, 4.69) is 0 Å². The Morgan fingerprint density at radius 2 is 1.70 bits per heavy atom. The van der Waals surface area contributed by atoms with E-state index in [1.54, 1.807) is 55.7 Å². The minimum absolute atomic E-state index is 0.226. The van der Waals surface area contributed by atoms with Gasteiger partial charge in [-0.2, -0.15) is 0 Å². The van der Waals surface area contributed by atoms with E-state index in [-0.39, 0.29) is 5.75 Å². The number of esters is 1. The Morgan fingerprint density at radius 3 is 2.39 bits per heavy atom. The Kier molecular flexibility index (Phi) is 5.52. The number of rotatable bonds is 6. The molecule has 0 unspecified atom stereocenters. The maximum absolute atomic E-state index is 11.9. The molecule has 0 aliphatic rings. The molecule has 0 radical (unpaired) electrons. The van der Waals surface area contributed by atoms with Gasteiger partial charge in [-0.3, -0.25) is 4.79 Å². The third kappa shape index (κ3) is 4.20. The molecule has 0 saturated carbocycles. The molecule has 0 spiro atoms. The van der Waals surface area contributed by atoms with Gasteiger partial charge < -0.3 is 14.2 Å². The standard InChI is InChI=1S/C18H16O5/c1-21-16-9-7-13(11-17(16)22-2)8-10-18(20)23-15-6-4-3-5-14(15)12-19/h3-12H,1-2H3/b10-8+. The lowest BCUT2D eigenvalue weighted by molar-refractivity contribution is -0.128. The van der Waals surface area contributed by atoms with E-state index in [1.165, 1.54) is 13.2 Å². The molecule has 0 N–H and O–H groups in total. The molecule has 23 heavy (non-hydrogen) atoms. The van der Waals surface area contributed by atoms with Gasteiger partial charge >= 0.3 is 5.97 Å². The van der Waals surface area contributed by atoms with Crippen molar-refractivity contribution < 1.29 is 23.8 Å². The number of hydrogen-bond donors (Lipinski definition) is 0. The van der Waals surface area contributed by atoms with Crippen LogP contribution in [0.5, 0.6) is 17.2 Å². The number of hydrogen-bond acceptors (Lipinski definition) is 5. The molecule has 2 rings (SSSR count). The summed E-state index contributed by atoms with van der Waals surface area (Å²) in [6.45, 7) is 0. The molecule has 0 saturated heterocycles. The monoisotopic (exact) mass is 312 g/mol. The number of carbonyl (C=O) groups is 2. The van der Waals surface area contributed by atoms with Crippen molar-refractivity contribution >= 4 is 18.3 Å². The molecule has 0 aromatic heterocycles. The molecule has 0 amide bonds. The van der Waals surface area contributed by atoms with Crippen molar-refractivity contribution in [1.82, 2.24) is 0 Å². The largest absolute Gasteiger partial charge is 0.493 e. The van der Waals surface area contributed by atoms with Gasteiger partial charge in [-0.25, -0.2) is 4.79 Å². The smallest absolute Gasteiger partial charge is 0.336 e. The predicted molar refractivity (Wildman–Crippen MR) is 86.0 cm³/mol. The molecule has 2 aromatic rings. The molecule has 5 nitrogen and oxygen atoms in total. The van der Waals surface area contributed by atoms with Gasteiger partial charge in [-0.15, -0.1) is 0 Å². The van der Waals surface area contributed by atoms with Crippen molar-refractivity contribution in [2.45, 2.75) is 0 Å². The van der Waals surface area contributed by atoms with Crippen LogP contribution in [0.2, 0.25) is 0 Å². The van der Waals surface area contributed by atoms with E-state index in [0.717, 1.165) is 5.56 Å². The molecule has 0 fully saturated rings. The van der Waals surface area contributed by atoms with Crippen LogP contribution in [0.25, 0.3) is 6.08 Å². The first-order chi connectivity index (χ1) is 11.2. The van der Waals surface area contributed by atoms with Crippen molar-refractivity contribution in [2.75, 3.05) is 14.2 Å². The summed E-state index contributed by atoms with van der Waals surface area (Å²) in [7, 11) is 3.09. The van der Waals surface area contributed by atoms with Crippen LogP contribution in [-0.2, 0) is 4.79 Å². The lowest BCUT2D eigenvalue weighted by Crippen LogP contribution is -2.05. The van der Waals surface area contributed by atoms with Gasteiger partial charge in [-0.05, 0) is 35.9 Å². The van der Waals surface area contributed by atoms with Crippen molar-refractivity contribution in [3.05, 3.63) is 59.7 Å². The first-order valence-corrected chi connectivity index (χ1v) is 6.84. The molecule has 2 aromatic carbocycles. The maximum atomic E-state index is 11.9. The summed E-state index contributed by atoms with van der Waals surface area (Å²) in [5, 5.41) is 0. The zero-order valence-corrected chi connectivity index (χ0v) is 12.8. The van der Waals surface area contributed by atoms with Crippen LogP contribution in [0, 0.1) is 0 Å². The molecule has 0 bridgehead atoms. The van der Waals surface area contributed by atoms with Gasteiger partial charge in [0.05, 0.1) is 19.8 Å². The van der Waals surface area contributed by atoms with Crippen LogP contribution in [0.15, 0.2) is 48.5 Å². The summed E-state index contributed by atoms with van der Waals surface area (Å²) >= 11 is 0. The molecular formula is C18H16O5. The van der Waals surface area contributed by atoms with Crippen molar-refractivity contribution in [3.63, 3.8) is 0 Å². The van der Waals surface area contributed by atoms with Crippen LogP contribution in [0.3, 0.4) is 0 Å². The van der Waals surface area contributed by atoms with Gasteiger partial charge in [0.1, 0.15) is 5.75 Å². The van der Waals surface area contributed by atoms with Gasteiger partial charge in [0.25, 0.3) is 0 Å². The van der Waals surface area contributed by atoms with Gasteiger partial charge in [0.2, 0.25) is 0 Å². The fourth-order valence-electron chi connectivity index (χ4n) is 1.93. The fourth-order valence-corrected chi connectivity index (χ4v) is 1.93. The second kappa shape index (κ2) is 7.79. The molecule has 0 aliphatic carbocycles. The normalized spacial score (nSPS) is 10.3. The summed E-state index contributed by atoms with van der Waals surface area (Å²) in [5.41, 5.74) is 1.07. The summed E-state index contributed by atoms with van der Waals surface area (Å²) in [4.78, 5) is 22.7. The first kappa shape index (κ1) is 16.3. The molecule has 5 heteroatoms. The highest BCUT2D eigenvalue weighted by molar-refractivity contribution is 5.90. The topological polar surface area (TPSA) is 61.8 Å². The quantitative estimate of drug-likeness (QED) is 0.355. The van der Waals surface area contributed by atoms with Crippen molar-refractivity contribution in [1.29, 1.82) is 0 Å². The van der Waals surface area contributed by atoms with Crippen LogP contribution < -0.4 is 14.2 Å². The zero-order valence-electron chi connectivity index (χ0n) is 12.8. The minimum atomic E-state index is -0.575. The van der Waals surface area contributed by atoms with E-state index in [4.69, 9.17) is 14.2 Å². The third-order valence-electron chi connectivity index (χ3n) is 3.08. The zero-order chi connectivity index (χ0) is 16.7. The Labute approximate surface area is 134 Å². The SMILES string of the molecule is COc1ccc(/C=C/C(=O)Oc2ccccc2C=O)cc1OC. The lowest BCUT2D eigenvalue weighted by Gasteiger charge is -2.07. The van der Waals surface area contributed by atoms with Crippen LogP contribution in [-0.4, -0.2) is 26.5 Å². The number of ether oxygens (including phenoxy) is 3. The van der Waals surface area contributed by atoms with E-state index in [0.29, 0.717) is 23.3 Å². The number of aldehydes is 1. The molecule has 0 atom stereocenters. The maximum Gasteiger partial charge on any atom is 0.336 e. The average Bonchev–Trinajstić information content (AvgIpc) is 2.60. The molecule has 0 aliphatic heterocycles. The second-order valence-electron chi connectivity index (χ2n) is 4.52. The summed E-state index contributed by atoms with van der Waals surface area (Å²) in [6, 6.07) is 11.8. The lowest BCUT2D eigenvalue weighted by atomic mass is 10.2. The number of benzene rings is 2. The number of methoxy groups -OCH3 is 2. The minimum Gasteiger partial charge on any atom is -0.493 e. The number of para-hydroxylation sites is 1. The summed E-state index contributed by atoms with van der Waals surface area (Å²) in [6.07, 6.45) is 3.51. The van der Waals surface area contributed by atoms with Gasteiger partial charge in [0, 0.05) is 6.08 Å². The molecular weight excluding hydrogens is 296 g/mol. The fraction of sp³-hybridized carbons (Fsp3) is 0.111. The molecule has 0 heterocycles. The third-order valence-corrected chi connectivity index (χ3v) is 3.08. The highest BCUT2D eigenvalue weighted by atomic mass is 16.5. The Balaban J connectivity index is 2.10. The number of carbonyl (C=O) groups excluding carboxylic acids is 2. The van der Waals surface area contributed by atoms with Crippen LogP contribution in [0.1, 0.15) is 15.9 Å². The van der Waals surface area contributed by atoms with E-state index < -0.39 is 5.97 Å². The summed E-state index contributed by atoms with van der Waals surface area (Å²) in [5.74, 6) is 0.819. The Hall–Kier alpha value is -3.08. The van der Waals surface area contributed by atoms with E-state index in [9.17, 15) is 9.59 Å². The highest BCUT2D eigenvalue weighted by Crippen LogP contribution is 2.28. The van der Waals surface area contributed by atoms with Crippen LogP contribution >= 0.6 is 0 Å². The van der Waals surface area contributed by atoms with Crippen molar-refractivity contribution in [2.24, 2.45) is 0 Å². The van der Waals surface area contributed by atoms with Crippen LogP contribution in [0.4, 0.5) is 0 Å². The summed E-state index contributed by atoms with van der Waals surface area (Å²) < 4.78 is 15.5. The highest BCUT2D eigenvalue weighted by Gasteiger charge is 2.06. The first-order valence-electron chi connectivity index (χ1n) is 6.84. The van der Waals surface area contributed by atoms with Gasteiger partial charge in [-0.1, -0.05) is 18.2 Å². The Morgan fingerprint density at radius 1 is 0.957 bits per heavy atom. The Bertz CT molecular complexity index is 734. The molecule has 118 valence electrons.